The number of nitrogen functional groups attached to an aromatic ring is 2. The molecule has 0 aliphatic carbocycles. The SMILES string of the molecule is Nc1c(Cl)cc(C(C(=O)C(c2cc(Cl)c(N)c(Cl)c2)C(F)(F)F)C(F)(F)F)cc1Cl. The number of benzene rings is 2. The van der Waals surface area contributed by atoms with E-state index >= 15 is 0 Å². The van der Waals surface area contributed by atoms with Crippen LogP contribution in [0.1, 0.15) is 23.0 Å². The monoisotopic (exact) mass is 512 g/mol. The van der Waals surface area contributed by atoms with E-state index < -0.39 is 61.2 Å². The Hall–Kier alpha value is -1.55. The molecule has 2 aromatic rings. The van der Waals surface area contributed by atoms with Gasteiger partial charge in [0.1, 0.15) is 11.8 Å². The van der Waals surface area contributed by atoms with Crippen molar-refractivity contribution < 1.29 is 31.1 Å². The van der Waals surface area contributed by atoms with Gasteiger partial charge in [0.25, 0.3) is 0 Å². The van der Waals surface area contributed by atoms with Crippen LogP contribution in [0.25, 0.3) is 0 Å². The summed E-state index contributed by atoms with van der Waals surface area (Å²) >= 11 is 22.8. The Labute approximate surface area is 185 Å². The van der Waals surface area contributed by atoms with Crippen molar-refractivity contribution in [2.45, 2.75) is 24.2 Å². The highest BCUT2D eigenvalue weighted by molar-refractivity contribution is 6.39. The average molecular weight is 514 g/mol. The van der Waals surface area contributed by atoms with E-state index in [2.05, 4.69) is 0 Å². The number of nitrogens with two attached hydrogens (primary N) is 2. The summed E-state index contributed by atoms with van der Waals surface area (Å²) in [6, 6.07) is 2.54. The first-order chi connectivity index (χ1) is 13.6. The molecule has 13 heteroatoms. The van der Waals surface area contributed by atoms with Crippen LogP contribution in [0, 0.1) is 0 Å². The van der Waals surface area contributed by atoms with E-state index in [0.717, 1.165) is 0 Å². The number of carbonyl (C=O) groups is 1. The van der Waals surface area contributed by atoms with Crippen LogP contribution >= 0.6 is 46.4 Å². The molecule has 0 radical (unpaired) electrons. The number of ketones is 1. The van der Waals surface area contributed by atoms with E-state index in [1.165, 1.54) is 0 Å². The highest BCUT2D eigenvalue weighted by atomic mass is 35.5. The summed E-state index contributed by atoms with van der Waals surface area (Å²) in [5.74, 6) is -8.66. The fraction of sp³-hybridized carbons (Fsp3) is 0.235. The molecular formula is C17H10Cl4F6N2O. The van der Waals surface area contributed by atoms with Crippen LogP contribution < -0.4 is 11.5 Å². The molecule has 3 nitrogen and oxygen atoms in total. The molecule has 0 amide bonds. The van der Waals surface area contributed by atoms with Gasteiger partial charge in [0.2, 0.25) is 0 Å². The molecule has 0 aliphatic rings. The summed E-state index contributed by atoms with van der Waals surface area (Å²) in [4.78, 5) is 12.7. The zero-order valence-corrected chi connectivity index (χ0v) is 17.3. The largest absolute Gasteiger partial charge is 0.402 e. The van der Waals surface area contributed by atoms with Crippen molar-refractivity contribution in [3.8, 4) is 0 Å². The number of anilines is 2. The lowest BCUT2D eigenvalue weighted by Crippen LogP contribution is -2.38. The third-order valence-electron chi connectivity index (χ3n) is 4.09. The molecule has 0 aromatic heterocycles. The summed E-state index contributed by atoms with van der Waals surface area (Å²) in [6.07, 6.45) is -10.8. The van der Waals surface area contributed by atoms with E-state index in [-0.39, 0.29) is 11.4 Å². The van der Waals surface area contributed by atoms with Gasteiger partial charge < -0.3 is 11.5 Å². The van der Waals surface area contributed by atoms with E-state index in [4.69, 9.17) is 57.9 Å². The Morgan fingerprint density at radius 1 is 0.667 bits per heavy atom. The lowest BCUT2D eigenvalue weighted by Gasteiger charge is -2.27. The van der Waals surface area contributed by atoms with Gasteiger partial charge in [-0.3, -0.25) is 4.79 Å². The van der Waals surface area contributed by atoms with Crippen molar-refractivity contribution in [3.05, 3.63) is 55.5 Å². The molecule has 2 unspecified atom stereocenters. The van der Waals surface area contributed by atoms with Crippen molar-refractivity contribution >= 4 is 63.6 Å². The summed E-state index contributed by atoms with van der Waals surface area (Å²) in [5.41, 5.74) is 8.51. The normalized spacial score (nSPS) is 14.5. The molecule has 0 fully saturated rings. The van der Waals surface area contributed by atoms with E-state index in [0.29, 0.717) is 24.3 Å². The van der Waals surface area contributed by atoms with Crippen LogP contribution in [0.4, 0.5) is 37.7 Å². The first-order valence-electron chi connectivity index (χ1n) is 7.71. The zero-order valence-electron chi connectivity index (χ0n) is 14.3. The summed E-state index contributed by atoms with van der Waals surface area (Å²) in [5, 5.41) is -1.83. The quantitative estimate of drug-likeness (QED) is 0.340. The molecule has 0 saturated heterocycles. The maximum absolute atomic E-state index is 13.7. The Balaban J connectivity index is 2.72. The van der Waals surface area contributed by atoms with E-state index in [1.807, 2.05) is 0 Å². The van der Waals surface area contributed by atoms with Gasteiger partial charge in [-0.2, -0.15) is 26.3 Å². The van der Waals surface area contributed by atoms with Gasteiger partial charge >= 0.3 is 12.4 Å². The zero-order chi connectivity index (χ0) is 23.2. The number of Topliss-reactive ketones (excluding diaryl/α,β-unsaturated/α-hetero) is 1. The van der Waals surface area contributed by atoms with Crippen molar-refractivity contribution in [3.63, 3.8) is 0 Å². The highest BCUT2D eigenvalue weighted by Crippen LogP contribution is 2.47. The Morgan fingerprint density at radius 2 is 0.900 bits per heavy atom. The minimum Gasteiger partial charge on any atom is -0.396 e. The van der Waals surface area contributed by atoms with E-state index in [9.17, 15) is 31.1 Å². The van der Waals surface area contributed by atoms with Crippen molar-refractivity contribution in [2.75, 3.05) is 11.5 Å². The number of alkyl halides is 6. The maximum atomic E-state index is 13.7. The average Bonchev–Trinajstić information content (AvgIpc) is 2.55. The van der Waals surface area contributed by atoms with Gasteiger partial charge in [-0.25, -0.2) is 0 Å². The molecule has 2 atom stereocenters. The standard InChI is InChI=1S/C17H10Cl4F6N2O/c18-7-1-5(2-8(19)13(7)28)11(16(22,23)24)15(30)12(17(25,26)27)6-3-9(20)14(29)10(21)4-6/h1-4,11-12H,28-29H2. The molecule has 2 rings (SSSR count). The third kappa shape index (κ3) is 5.01. The van der Waals surface area contributed by atoms with Crippen LogP contribution in [0.3, 0.4) is 0 Å². The minimum absolute atomic E-state index is 0.292. The second-order valence-electron chi connectivity index (χ2n) is 6.15. The summed E-state index contributed by atoms with van der Waals surface area (Å²) in [7, 11) is 0. The second-order valence-corrected chi connectivity index (χ2v) is 7.78. The number of halogens is 10. The third-order valence-corrected chi connectivity index (χ3v) is 5.34. The first-order valence-corrected chi connectivity index (χ1v) is 9.22. The van der Waals surface area contributed by atoms with Crippen LogP contribution in [-0.4, -0.2) is 18.1 Å². The van der Waals surface area contributed by atoms with E-state index in [1.54, 1.807) is 0 Å². The lowest BCUT2D eigenvalue weighted by molar-refractivity contribution is -0.183. The number of carbonyl (C=O) groups excluding carboxylic acids is 1. The molecule has 2 aromatic carbocycles. The number of hydrogen-bond donors (Lipinski definition) is 2. The van der Waals surface area contributed by atoms with Crippen molar-refractivity contribution in [1.82, 2.24) is 0 Å². The highest BCUT2D eigenvalue weighted by Gasteiger charge is 2.55. The van der Waals surface area contributed by atoms with Gasteiger partial charge in [-0.05, 0) is 35.4 Å². The molecule has 0 bridgehead atoms. The van der Waals surface area contributed by atoms with Gasteiger partial charge in [-0.1, -0.05) is 46.4 Å². The van der Waals surface area contributed by atoms with Crippen LogP contribution in [-0.2, 0) is 4.79 Å². The molecule has 30 heavy (non-hydrogen) atoms. The van der Waals surface area contributed by atoms with Crippen molar-refractivity contribution in [2.24, 2.45) is 0 Å². The topological polar surface area (TPSA) is 69.1 Å². The first kappa shape index (κ1) is 24.7. The molecule has 0 spiro atoms. The maximum Gasteiger partial charge on any atom is 0.402 e. The Kier molecular flexibility index (Phi) is 7.03. The molecule has 0 heterocycles. The summed E-state index contributed by atoms with van der Waals surface area (Å²) in [6.45, 7) is 0. The van der Waals surface area contributed by atoms with Gasteiger partial charge in [0.15, 0.2) is 5.78 Å². The molecular weight excluding hydrogens is 504 g/mol. The Bertz CT molecular complexity index is 870. The summed E-state index contributed by atoms with van der Waals surface area (Å²) < 4.78 is 82.4. The molecule has 0 saturated carbocycles. The van der Waals surface area contributed by atoms with Gasteiger partial charge in [0.05, 0.1) is 31.5 Å². The van der Waals surface area contributed by atoms with Crippen LogP contribution in [0.5, 0.6) is 0 Å². The molecule has 164 valence electrons. The Morgan fingerprint density at radius 3 is 1.10 bits per heavy atom. The molecule has 4 N–H and O–H groups in total. The minimum atomic E-state index is -5.41. The number of hydrogen-bond acceptors (Lipinski definition) is 3. The predicted molar refractivity (Wildman–Crippen MR) is 104 cm³/mol. The molecule has 0 aliphatic heterocycles. The van der Waals surface area contributed by atoms with Crippen LogP contribution in [0.2, 0.25) is 20.1 Å². The number of rotatable bonds is 4. The fourth-order valence-electron chi connectivity index (χ4n) is 2.74. The fourth-order valence-corrected chi connectivity index (χ4v) is 3.74. The lowest BCUT2D eigenvalue weighted by atomic mass is 9.82. The van der Waals surface area contributed by atoms with Gasteiger partial charge in [0, 0.05) is 0 Å². The smallest absolute Gasteiger partial charge is 0.396 e. The van der Waals surface area contributed by atoms with Gasteiger partial charge in [-0.15, -0.1) is 0 Å². The van der Waals surface area contributed by atoms with Crippen molar-refractivity contribution in [1.29, 1.82) is 0 Å². The van der Waals surface area contributed by atoms with Crippen LogP contribution in [0.15, 0.2) is 24.3 Å². The second kappa shape index (κ2) is 8.53. The predicted octanol–water partition coefficient (Wildman–Crippen LogP) is 7.03.